The topological polar surface area (TPSA) is 55.0 Å². The van der Waals surface area contributed by atoms with Gasteiger partial charge in [-0.15, -0.1) is 0 Å². The number of carbonyl (C=O) groups excluding carboxylic acids is 1. The van der Waals surface area contributed by atoms with Crippen LogP contribution < -0.4 is 0 Å². The van der Waals surface area contributed by atoms with Gasteiger partial charge in [-0.1, -0.05) is 12.5 Å². The van der Waals surface area contributed by atoms with E-state index in [1.807, 2.05) is 26.0 Å². The molecule has 0 aliphatic heterocycles. The molecule has 0 amide bonds. The maximum Gasteiger partial charge on any atom is 0.319 e. The molecule has 0 atom stereocenters. The second kappa shape index (κ2) is 4.37. The molecule has 1 fully saturated rings. The van der Waals surface area contributed by atoms with Crippen molar-refractivity contribution in [3.63, 3.8) is 0 Å². The molecule has 3 rings (SSSR count). The lowest BCUT2D eigenvalue weighted by molar-refractivity contribution is -0.154. The zero-order chi connectivity index (χ0) is 13.5. The minimum Gasteiger partial charge on any atom is -0.465 e. The molecule has 1 aliphatic carbocycles. The van der Waals surface area contributed by atoms with Crippen LogP contribution in [0.5, 0.6) is 0 Å². The van der Waals surface area contributed by atoms with Gasteiger partial charge in [0.05, 0.1) is 17.6 Å². The summed E-state index contributed by atoms with van der Waals surface area (Å²) in [6, 6.07) is 6.08. The van der Waals surface area contributed by atoms with Crippen molar-refractivity contribution in [2.45, 2.75) is 38.5 Å². The number of nitrogens with one attached hydrogen (secondary N) is 1. The summed E-state index contributed by atoms with van der Waals surface area (Å²) in [6.45, 7) is 4.30. The van der Waals surface area contributed by atoms with Crippen LogP contribution in [0.4, 0.5) is 0 Å². The Hall–Kier alpha value is -1.84. The minimum absolute atomic E-state index is 0.142. The van der Waals surface area contributed by atoms with Gasteiger partial charge >= 0.3 is 5.97 Å². The van der Waals surface area contributed by atoms with Gasteiger partial charge in [0, 0.05) is 0 Å². The predicted molar refractivity (Wildman–Crippen MR) is 73.0 cm³/mol. The molecule has 0 bridgehead atoms. The molecule has 1 aliphatic rings. The Labute approximate surface area is 112 Å². The van der Waals surface area contributed by atoms with Crippen molar-refractivity contribution < 1.29 is 9.53 Å². The summed E-state index contributed by atoms with van der Waals surface area (Å²) >= 11 is 0. The van der Waals surface area contributed by atoms with Gasteiger partial charge in [-0.25, -0.2) is 4.98 Å². The van der Waals surface area contributed by atoms with Crippen LogP contribution in [0.2, 0.25) is 0 Å². The molecular formula is C15H18N2O2. The molecule has 0 saturated heterocycles. The maximum absolute atomic E-state index is 12.2. The third-order valence-corrected chi connectivity index (χ3v) is 3.96. The van der Waals surface area contributed by atoms with Gasteiger partial charge in [0.25, 0.3) is 0 Å². The summed E-state index contributed by atoms with van der Waals surface area (Å²) in [6.07, 6.45) is 2.70. The van der Waals surface area contributed by atoms with Gasteiger partial charge in [-0.05, 0) is 44.4 Å². The van der Waals surface area contributed by atoms with Gasteiger partial charge in [-0.2, -0.15) is 0 Å². The summed E-state index contributed by atoms with van der Waals surface area (Å²) in [5, 5.41) is 0. The van der Waals surface area contributed by atoms with E-state index in [4.69, 9.17) is 4.74 Å². The number of aromatic amines is 1. The number of rotatable bonds is 3. The predicted octanol–water partition coefficient (Wildman–Crippen LogP) is 2.86. The highest BCUT2D eigenvalue weighted by Crippen LogP contribution is 2.44. The van der Waals surface area contributed by atoms with Crippen molar-refractivity contribution in [2.24, 2.45) is 0 Å². The summed E-state index contributed by atoms with van der Waals surface area (Å²) < 4.78 is 5.22. The third kappa shape index (κ3) is 1.82. The molecule has 0 spiro atoms. The molecule has 100 valence electrons. The van der Waals surface area contributed by atoms with E-state index < -0.39 is 5.41 Å². The Balaban J connectivity index is 2.04. The molecule has 1 saturated carbocycles. The Bertz CT molecular complexity index is 626. The fourth-order valence-electron chi connectivity index (χ4n) is 2.69. The number of H-pyrrole nitrogens is 1. The van der Waals surface area contributed by atoms with Crippen LogP contribution in [0.25, 0.3) is 11.0 Å². The Morgan fingerprint density at radius 3 is 2.89 bits per heavy atom. The van der Waals surface area contributed by atoms with Crippen molar-refractivity contribution in [3.8, 4) is 0 Å². The minimum atomic E-state index is -0.539. The molecule has 1 aromatic carbocycles. The quantitative estimate of drug-likeness (QED) is 0.861. The van der Waals surface area contributed by atoms with E-state index >= 15 is 0 Å². The molecule has 4 nitrogen and oxygen atoms in total. The number of benzene rings is 1. The average molecular weight is 258 g/mol. The highest BCUT2D eigenvalue weighted by molar-refractivity contribution is 5.85. The van der Waals surface area contributed by atoms with E-state index in [1.165, 1.54) is 5.56 Å². The number of fused-ring (bicyclic) bond motifs is 1. The zero-order valence-electron chi connectivity index (χ0n) is 11.3. The van der Waals surface area contributed by atoms with Gasteiger partial charge < -0.3 is 9.72 Å². The first kappa shape index (κ1) is 12.2. The standard InChI is InChI=1S/C15H18N2O2/c1-3-19-14(18)15(7-4-8-15)13-16-11-6-5-10(2)9-12(11)17-13/h5-6,9H,3-4,7-8H2,1-2H3,(H,16,17). The summed E-state index contributed by atoms with van der Waals surface area (Å²) in [7, 11) is 0. The van der Waals surface area contributed by atoms with Gasteiger partial charge in [0.1, 0.15) is 11.2 Å². The van der Waals surface area contributed by atoms with Crippen LogP contribution in [0.3, 0.4) is 0 Å². The number of nitrogens with zero attached hydrogens (tertiary/aromatic N) is 1. The Morgan fingerprint density at radius 1 is 1.47 bits per heavy atom. The van der Waals surface area contributed by atoms with Crippen molar-refractivity contribution in [1.29, 1.82) is 0 Å². The fraction of sp³-hybridized carbons (Fsp3) is 0.467. The smallest absolute Gasteiger partial charge is 0.319 e. The maximum atomic E-state index is 12.2. The summed E-state index contributed by atoms with van der Waals surface area (Å²) in [5.41, 5.74) is 2.55. The highest BCUT2D eigenvalue weighted by Gasteiger charge is 2.49. The SMILES string of the molecule is CCOC(=O)C1(c2nc3ccc(C)cc3[nH]2)CCC1. The number of aryl methyl sites for hydroxylation is 1. The molecule has 1 aromatic heterocycles. The van der Waals surface area contributed by atoms with E-state index in [1.54, 1.807) is 0 Å². The average Bonchev–Trinajstić information content (AvgIpc) is 2.70. The molecule has 2 aromatic rings. The van der Waals surface area contributed by atoms with Crippen LogP contribution in [0.1, 0.15) is 37.6 Å². The first-order valence-corrected chi connectivity index (χ1v) is 6.80. The van der Waals surface area contributed by atoms with Gasteiger partial charge in [0.15, 0.2) is 0 Å². The van der Waals surface area contributed by atoms with E-state index in [0.717, 1.165) is 36.1 Å². The largest absolute Gasteiger partial charge is 0.465 e. The molecule has 4 heteroatoms. The third-order valence-electron chi connectivity index (χ3n) is 3.96. The van der Waals surface area contributed by atoms with Crippen molar-refractivity contribution >= 4 is 17.0 Å². The number of hydrogen-bond acceptors (Lipinski definition) is 3. The first-order chi connectivity index (χ1) is 9.15. The van der Waals surface area contributed by atoms with Gasteiger partial charge in [0.2, 0.25) is 0 Å². The summed E-state index contributed by atoms with van der Waals surface area (Å²) in [4.78, 5) is 20.1. The van der Waals surface area contributed by atoms with E-state index in [0.29, 0.717) is 6.61 Å². The van der Waals surface area contributed by atoms with Crippen LogP contribution in [0.15, 0.2) is 18.2 Å². The lowest BCUT2D eigenvalue weighted by atomic mass is 9.68. The van der Waals surface area contributed by atoms with E-state index in [-0.39, 0.29) is 5.97 Å². The number of aromatic nitrogens is 2. The zero-order valence-corrected chi connectivity index (χ0v) is 11.3. The van der Waals surface area contributed by atoms with Crippen LogP contribution in [0, 0.1) is 6.92 Å². The van der Waals surface area contributed by atoms with Crippen molar-refractivity contribution in [2.75, 3.05) is 6.61 Å². The normalized spacial score (nSPS) is 17.2. The molecule has 1 heterocycles. The number of esters is 1. The second-order valence-electron chi connectivity index (χ2n) is 5.26. The first-order valence-electron chi connectivity index (χ1n) is 6.80. The number of carbonyl (C=O) groups is 1. The fourth-order valence-corrected chi connectivity index (χ4v) is 2.69. The molecular weight excluding hydrogens is 240 g/mol. The van der Waals surface area contributed by atoms with Crippen LogP contribution in [-0.4, -0.2) is 22.5 Å². The van der Waals surface area contributed by atoms with E-state index in [2.05, 4.69) is 16.0 Å². The second-order valence-corrected chi connectivity index (χ2v) is 5.26. The highest BCUT2D eigenvalue weighted by atomic mass is 16.5. The van der Waals surface area contributed by atoms with Crippen molar-refractivity contribution in [1.82, 2.24) is 9.97 Å². The molecule has 0 unspecified atom stereocenters. The van der Waals surface area contributed by atoms with Gasteiger partial charge in [-0.3, -0.25) is 4.79 Å². The Kier molecular flexibility index (Phi) is 2.81. The monoisotopic (exact) mass is 258 g/mol. The Morgan fingerprint density at radius 2 is 2.26 bits per heavy atom. The number of ether oxygens (including phenoxy) is 1. The number of imidazole rings is 1. The molecule has 0 radical (unpaired) electrons. The lowest BCUT2D eigenvalue weighted by Gasteiger charge is -2.37. The number of hydrogen-bond donors (Lipinski definition) is 1. The van der Waals surface area contributed by atoms with Crippen LogP contribution >= 0.6 is 0 Å². The van der Waals surface area contributed by atoms with E-state index in [9.17, 15) is 4.79 Å². The van der Waals surface area contributed by atoms with Crippen LogP contribution in [-0.2, 0) is 14.9 Å². The summed E-state index contributed by atoms with van der Waals surface area (Å²) in [5.74, 6) is 0.620. The lowest BCUT2D eigenvalue weighted by Crippen LogP contribution is -2.44. The van der Waals surface area contributed by atoms with Crippen molar-refractivity contribution in [3.05, 3.63) is 29.6 Å². The molecule has 1 N–H and O–H groups in total. The molecule has 19 heavy (non-hydrogen) atoms.